The van der Waals surface area contributed by atoms with Gasteiger partial charge in [0.2, 0.25) is 0 Å². The summed E-state index contributed by atoms with van der Waals surface area (Å²) >= 11 is 3.40. The minimum atomic E-state index is -0.254. The molecular formula is C10H13BrO. The van der Waals surface area contributed by atoms with Crippen molar-refractivity contribution >= 4 is 15.9 Å². The van der Waals surface area contributed by atoms with Crippen molar-refractivity contribution in [2.75, 3.05) is 0 Å². The molecule has 0 aliphatic rings. The van der Waals surface area contributed by atoms with Crippen LogP contribution >= 0.6 is 15.9 Å². The summed E-state index contributed by atoms with van der Waals surface area (Å²) in [7, 11) is 0. The van der Waals surface area contributed by atoms with Gasteiger partial charge in [-0.2, -0.15) is 0 Å². The van der Waals surface area contributed by atoms with E-state index in [1.807, 2.05) is 12.1 Å². The third-order valence-electron chi connectivity index (χ3n) is 1.68. The molecule has 0 unspecified atom stereocenters. The van der Waals surface area contributed by atoms with E-state index in [2.05, 4.69) is 28.1 Å². The lowest BCUT2D eigenvalue weighted by Crippen LogP contribution is -2.04. The zero-order chi connectivity index (χ0) is 8.97. The van der Waals surface area contributed by atoms with Crippen molar-refractivity contribution in [3.63, 3.8) is 0 Å². The SMILES string of the molecule is C[C@@H](O)Cc1cccc(CBr)c1. The van der Waals surface area contributed by atoms with Gasteiger partial charge in [-0.3, -0.25) is 0 Å². The Kier molecular flexibility index (Phi) is 3.76. The first-order valence-corrected chi connectivity index (χ1v) is 5.16. The van der Waals surface area contributed by atoms with Crippen LogP contribution in [0.4, 0.5) is 0 Å². The molecule has 0 fully saturated rings. The van der Waals surface area contributed by atoms with Crippen molar-refractivity contribution in [1.29, 1.82) is 0 Å². The molecule has 0 amide bonds. The molecule has 0 aromatic heterocycles. The van der Waals surface area contributed by atoms with Gasteiger partial charge in [0.1, 0.15) is 0 Å². The van der Waals surface area contributed by atoms with E-state index in [1.54, 1.807) is 6.92 Å². The van der Waals surface area contributed by atoms with Gasteiger partial charge in [-0.25, -0.2) is 0 Å². The predicted molar refractivity (Wildman–Crippen MR) is 54.5 cm³/mol. The van der Waals surface area contributed by atoms with Gasteiger partial charge in [0, 0.05) is 5.33 Å². The summed E-state index contributed by atoms with van der Waals surface area (Å²) in [4.78, 5) is 0. The standard InChI is InChI=1S/C10H13BrO/c1-8(12)5-9-3-2-4-10(6-9)7-11/h2-4,6,8,12H,5,7H2,1H3/t8-/m1/s1. The van der Waals surface area contributed by atoms with Crippen molar-refractivity contribution in [3.8, 4) is 0 Å². The summed E-state index contributed by atoms with van der Waals surface area (Å²) in [5, 5.41) is 10.0. The zero-order valence-corrected chi connectivity index (χ0v) is 8.71. The molecule has 66 valence electrons. The average molecular weight is 229 g/mol. The average Bonchev–Trinajstić information content (AvgIpc) is 2.03. The molecule has 0 heterocycles. The molecule has 1 N–H and O–H groups in total. The molecule has 1 aromatic carbocycles. The summed E-state index contributed by atoms with van der Waals surface area (Å²) in [6.45, 7) is 1.81. The van der Waals surface area contributed by atoms with Crippen molar-refractivity contribution in [1.82, 2.24) is 0 Å². The van der Waals surface area contributed by atoms with Crippen molar-refractivity contribution in [3.05, 3.63) is 35.4 Å². The molecule has 0 aliphatic heterocycles. The van der Waals surface area contributed by atoms with Crippen LogP contribution in [0, 0.1) is 0 Å². The molecule has 0 saturated heterocycles. The van der Waals surface area contributed by atoms with Crippen LogP contribution in [-0.2, 0) is 11.8 Å². The molecular weight excluding hydrogens is 216 g/mol. The van der Waals surface area contributed by atoms with Crippen molar-refractivity contribution in [2.45, 2.75) is 24.8 Å². The van der Waals surface area contributed by atoms with E-state index in [0.29, 0.717) is 0 Å². The number of benzene rings is 1. The van der Waals surface area contributed by atoms with Gasteiger partial charge in [0.15, 0.2) is 0 Å². The fourth-order valence-corrected chi connectivity index (χ4v) is 1.53. The number of aliphatic hydroxyl groups is 1. The van der Waals surface area contributed by atoms with Crippen molar-refractivity contribution in [2.24, 2.45) is 0 Å². The second-order valence-corrected chi connectivity index (χ2v) is 3.57. The minimum absolute atomic E-state index is 0.254. The van der Waals surface area contributed by atoms with Crippen LogP contribution in [0.3, 0.4) is 0 Å². The molecule has 1 nitrogen and oxygen atoms in total. The van der Waals surface area contributed by atoms with Gasteiger partial charge in [-0.1, -0.05) is 40.2 Å². The van der Waals surface area contributed by atoms with Gasteiger partial charge in [0.25, 0.3) is 0 Å². The normalized spacial score (nSPS) is 12.9. The molecule has 1 atom stereocenters. The summed E-state index contributed by atoms with van der Waals surface area (Å²) in [5.41, 5.74) is 2.45. The fraction of sp³-hybridized carbons (Fsp3) is 0.400. The first-order chi connectivity index (χ1) is 5.72. The highest BCUT2D eigenvalue weighted by atomic mass is 79.9. The highest BCUT2D eigenvalue weighted by molar-refractivity contribution is 9.08. The Morgan fingerprint density at radius 2 is 2.08 bits per heavy atom. The van der Waals surface area contributed by atoms with Crippen LogP contribution in [-0.4, -0.2) is 11.2 Å². The molecule has 0 radical (unpaired) electrons. The first-order valence-electron chi connectivity index (χ1n) is 4.04. The topological polar surface area (TPSA) is 20.2 Å². The summed E-state index contributed by atoms with van der Waals surface area (Å²) in [6.07, 6.45) is 0.483. The van der Waals surface area contributed by atoms with Crippen LogP contribution in [0.25, 0.3) is 0 Å². The Morgan fingerprint density at radius 1 is 1.42 bits per heavy atom. The smallest absolute Gasteiger partial charge is 0.0552 e. The third-order valence-corrected chi connectivity index (χ3v) is 2.32. The van der Waals surface area contributed by atoms with Gasteiger partial charge in [-0.15, -0.1) is 0 Å². The Labute approximate surface area is 81.6 Å². The Balaban J connectivity index is 2.72. The van der Waals surface area contributed by atoms with E-state index >= 15 is 0 Å². The monoisotopic (exact) mass is 228 g/mol. The molecule has 1 rings (SSSR count). The van der Waals surface area contributed by atoms with Gasteiger partial charge in [0.05, 0.1) is 6.10 Å². The quantitative estimate of drug-likeness (QED) is 0.789. The summed E-state index contributed by atoms with van der Waals surface area (Å²) in [6, 6.07) is 8.24. The number of hydrogen-bond acceptors (Lipinski definition) is 1. The molecule has 2 heteroatoms. The van der Waals surface area contributed by atoms with Gasteiger partial charge < -0.3 is 5.11 Å². The van der Waals surface area contributed by atoms with E-state index in [0.717, 1.165) is 11.8 Å². The maximum Gasteiger partial charge on any atom is 0.0552 e. The zero-order valence-electron chi connectivity index (χ0n) is 7.13. The summed E-state index contributed by atoms with van der Waals surface area (Å²) < 4.78 is 0. The van der Waals surface area contributed by atoms with Crippen LogP contribution in [0.15, 0.2) is 24.3 Å². The van der Waals surface area contributed by atoms with Crippen LogP contribution in [0.1, 0.15) is 18.1 Å². The third kappa shape index (κ3) is 2.95. The van der Waals surface area contributed by atoms with Crippen LogP contribution in [0.5, 0.6) is 0 Å². The second-order valence-electron chi connectivity index (χ2n) is 3.01. The fourth-order valence-electron chi connectivity index (χ4n) is 1.18. The van der Waals surface area contributed by atoms with Crippen molar-refractivity contribution < 1.29 is 5.11 Å². The molecule has 12 heavy (non-hydrogen) atoms. The Bertz CT molecular complexity index is 245. The van der Waals surface area contributed by atoms with Crippen LogP contribution in [0.2, 0.25) is 0 Å². The molecule has 1 aromatic rings. The number of halogens is 1. The highest BCUT2D eigenvalue weighted by Crippen LogP contribution is 2.10. The Morgan fingerprint density at radius 3 is 2.67 bits per heavy atom. The molecule has 0 spiro atoms. The van der Waals surface area contributed by atoms with E-state index in [9.17, 15) is 0 Å². The second kappa shape index (κ2) is 4.63. The lowest BCUT2D eigenvalue weighted by atomic mass is 10.1. The van der Waals surface area contributed by atoms with E-state index in [1.165, 1.54) is 11.1 Å². The predicted octanol–water partition coefficient (Wildman–Crippen LogP) is 2.50. The number of rotatable bonds is 3. The van der Waals surface area contributed by atoms with E-state index in [-0.39, 0.29) is 6.10 Å². The van der Waals surface area contributed by atoms with Gasteiger partial charge >= 0.3 is 0 Å². The highest BCUT2D eigenvalue weighted by Gasteiger charge is 1.98. The maximum atomic E-state index is 9.16. The number of hydrogen-bond donors (Lipinski definition) is 1. The number of aliphatic hydroxyl groups excluding tert-OH is 1. The lowest BCUT2D eigenvalue weighted by molar-refractivity contribution is 0.195. The summed E-state index contributed by atoms with van der Waals surface area (Å²) in [5.74, 6) is 0. The maximum absolute atomic E-state index is 9.16. The van der Waals surface area contributed by atoms with E-state index in [4.69, 9.17) is 5.11 Å². The van der Waals surface area contributed by atoms with Gasteiger partial charge in [-0.05, 0) is 24.5 Å². The van der Waals surface area contributed by atoms with Crippen LogP contribution < -0.4 is 0 Å². The molecule has 0 saturated carbocycles. The molecule has 0 bridgehead atoms. The molecule has 0 aliphatic carbocycles. The number of alkyl halides is 1. The Hall–Kier alpha value is -0.340. The lowest BCUT2D eigenvalue weighted by Gasteiger charge is -2.05. The minimum Gasteiger partial charge on any atom is -0.393 e. The van der Waals surface area contributed by atoms with E-state index < -0.39 is 0 Å². The largest absolute Gasteiger partial charge is 0.393 e. The first kappa shape index (κ1) is 9.75.